The second-order valence-corrected chi connectivity index (χ2v) is 9.60. The van der Waals surface area contributed by atoms with Crippen LogP contribution < -0.4 is 5.32 Å². The number of pyridine rings is 1. The van der Waals surface area contributed by atoms with E-state index in [2.05, 4.69) is 62.4 Å². The molecule has 0 radical (unpaired) electrons. The zero-order valence-electron chi connectivity index (χ0n) is 20.1. The van der Waals surface area contributed by atoms with Crippen LogP contribution in [0.4, 0.5) is 5.69 Å². The number of aryl methyl sites for hydroxylation is 2. The van der Waals surface area contributed by atoms with Crippen molar-refractivity contribution in [3.05, 3.63) is 78.0 Å². The van der Waals surface area contributed by atoms with Crippen LogP contribution in [0.1, 0.15) is 18.4 Å². The Morgan fingerprint density at radius 1 is 1.03 bits per heavy atom. The predicted molar refractivity (Wildman–Crippen MR) is 141 cm³/mol. The van der Waals surface area contributed by atoms with Crippen molar-refractivity contribution in [3.8, 4) is 22.4 Å². The molecule has 0 bridgehead atoms. The van der Waals surface area contributed by atoms with Crippen LogP contribution in [0, 0.1) is 19.4 Å². The summed E-state index contributed by atoms with van der Waals surface area (Å²) in [5.74, 6) is 0.683. The van der Waals surface area contributed by atoms with E-state index in [4.69, 9.17) is 11.6 Å². The van der Waals surface area contributed by atoms with Gasteiger partial charge in [-0.3, -0.25) is 9.67 Å². The Morgan fingerprint density at radius 3 is 2.66 bits per heavy atom. The van der Waals surface area contributed by atoms with Gasteiger partial charge in [-0.2, -0.15) is 5.10 Å². The van der Waals surface area contributed by atoms with E-state index in [9.17, 15) is 0 Å². The number of nitrogens with one attached hydrogen (secondary N) is 1. The van der Waals surface area contributed by atoms with E-state index < -0.39 is 0 Å². The summed E-state index contributed by atoms with van der Waals surface area (Å²) in [5, 5.41) is 10.2. The first-order valence-electron chi connectivity index (χ1n) is 12.2. The first kappa shape index (κ1) is 21.6. The van der Waals surface area contributed by atoms with Gasteiger partial charge < -0.3 is 9.88 Å². The topological polar surface area (TPSA) is 52.0 Å². The minimum absolute atomic E-state index is 0.683. The molecular weight excluding hydrogens is 432 g/mol. The molecule has 1 aliphatic rings. The summed E-state index contributed by atoms with van der Waals surface area (Å²) in [4.78, 5) is 8.71. The van der Waals surface area contributed by atoms with Crippen molar-refractivity contribution in [2.24, 2.45) is 13.0 Å². The lowest BCUT2D eigenvalue weighted by Gasteiger charge is -2.23. The molecule has 0 unspecified atom stereocenters. The van der Waals surface area contributed by atoms with Crippen LogP contribution in [0.5, 0.6) is 0 Å². The zero-order chi connectivity index (χ0) is 23.9. The molecule has 6 rings (SSSR count). The van der Waals surface area contributed by atoms with Crippen molar-refractivity contribution in [1.82, 2.24) is 24.6 Å². The van der Waals surface area contributed by atoms with Crippen LogP contribution in [-0.4, -0.2) is 32.4 Å². The Balaban J connectivity index is 1.54. The molecule has 0 atom stereocenters. The van der Waals surface area contributed by atoms with Gasteiger partial charge in [-0.25, -0.2) is 4.85 Å². The lowest BCUT2D eigenvalue weighted by atomic mass is 9.94. The molecule has 0 saturated carbocycles. The van der Waals surface area contributed by atoms with E-state index in [0.717, 1.165) is 64.0 Å². The van der Waals surface area contributed by atoms with Gasteiger partial charge in [0.2, 0.25) is 0 Å². The van der Waals surface area contributed by atoms with Gasteiger partial charge in [0.25, 0.3) is 0 Å². The van der Waals surface area contributed by atoms with E-state index in [1.54, 1.807) is 0 Å². The molecule has 1 saturated heterocycles. The maximum atomic E-state index is 7.47. The molecule has 4 heterocycles. The summed E-state index contributed by atoms with van der Waals surface area (Å²) in [6.45, 7) is 12.7. The highest BCUT2D eigenvalue weighted by Gasteiger charge is 2.19. The lowest BCUT2D eigenvalue weighted by Crippen LogP contribution is -2.29. The number of benzene rings is 2. The molecule has 0 spiro atoms. The van der Waals surface area contributed by atoms with Crippen LogP contribution in [-0.2, 0) is 13.6 Å². The third-order valence-corrected chi connectivity index (χ3v) is 7.37. The molecule has 5 aromatic rings. The number of rotatable bonds is 4. The first-order chi connectivity index (χ1) is 17.1. The molecule has 6 heteroatoms. The van der Waals surface area contributed by atoms with Gasteiger partial charge in [-0.15, -0.1) is 0 Å². The lowest BCUT2D eigenvalue weighted by molar-refractivity contribution is 0.337. The van der Waals surface area contributed by atoms with E-state index in [1.807, 2.05) is 37.1 Å². The molecule has 1 N–H and O–H groups in total. The zero-order valence-corrected chi connectivity index (χ0v) is 20.1. The number of aromatic nitrogens is 4. The van der Waals surface area contributed by atoms with Crippen molar-refractivity contribution >= 4 is 27.5 Å². The first-order valence-corrected chi connectivity index (χ1v) is 12.2. The summed E-state index contributed by atoms with van der Waals surface area (Å²) in [7, 11) is 1.96. The Kier molecular flexibility index (Phi) is 5.35. The van der Waals surface area contributed by atoms with Crippen LogP contribution in [0.2, 0.25) is 0 Å². The fourth-order valence-electron chi connectivity index (χ4n) is 5.42. The van der Waals surface area contributed by atoms with Crippen molar-refractivity contribution < 1.29 is 0 Å². The average molecular weight is 461 g/mol. The number of hydrogen-bond donors (Lipinski definition) is 1. The number of nitrogens with zero attached hydrogens (tertiary/aromatic N) is 5. The Bertz CT molecular complexity index is 1590. The van der Waals surface area contributed by atoms with Gasteiger partial charge in [-0.1, -0.05) is 24.3 Å². The standard InChI is InChI=1S/C29H28N6/c1-19-14-21(4-6-25(19)30-2)28-24-10-13-35(18-20-8-11-31-12-9-20)27(24)17-32-29(28)22-5-7-26-23(15-22)16-33-34(26)3/h4-7,10,13-17,20,31H,8-9,11-12,18H2,1,3H3. The third kappa shape index (κ3) is 3.78. The predicted octanol–water partition coefficient (Wildman–Crippen LogP) is 6.12. The summed E-state index contributed by atoms with van der Waals surface area (Å²) < 4.78 is 4.26. The molecular formula is C29H28N6. The average Bonchev–Trinajstić information content (AvgIpc) is 3.47. The quantitative estimate of drug-likeness (QED) is 0.329. The summed E-state index contributed by atoms with van der Waals surface area (Å²) in [6.07, 6.45) is 8.57. The van der Waals surface area contributed by atoms with Crippen LogP contribution in [0.3, 0.4) is 0 Å². The molecule has 2 aromatic carbocycles. The highest BCUT2D eigenvalue weighted by Crippen LogP contribution is 2.39. The normalized spacial score (nSPS) is 14.5. The van der Waals surface area contributed by atoms with Gasteiger partial charge in [0.15, 0.2) is 5.69 Å². The van der Waals surface area contributed by atoms with Crippen LogP contribution in [0.25, 0.3) is 49.0 Å². The second kappa shape index (κ2) is 8.68. The maximum absolute atomic E-state index is 7.47. The molecule has 0 amide bonds. The summed E-state index contributed by atoms with van der Waals surface area (Å²) >= 11 is 0. The monoisotopic (exact) mass is 460 g/mol. The molecule has 1 fully saturated rings. The van der Waals surface area contributed by atoms with E-state index in [0.29, 0.717) is 11.6 Å². The molecule has 1 aliphatic heterocycles. The largest absolute Gasteiger partial charge is 0.346 e. The highest BCUT2D eigenvalue weighted by molar-refractivity contribution is 6.02. The van der Waals surface area contributed by atoms with Gasteiger partial charge >= 0.3 is 0 Å². The maximum Gasteiger partial charge on any atom is 0.190 e. The Labute approximate surface area is 205 Å². The minimum atomic E-state index is 0.683. The van der Waals surface area contributed by atoms with Crippen LogP contribution in [0.15, 0.2) is 61.1 Å². The highest BCUT2D eigenvalue weighted by atomic mass is 15.2. The minimum Gasteiger partial charge on any atom is -0.346 e. The van der Waals surface area contributed by atoms with E-state index >= 15 is 0 Å². The van der Waals surface area contributed by atoms with Crippen molar-refractivity contribution in [2.75, 3.05) is 13.1 Å². The third-order valence-electron chi connectivity index (χ3n) is 7.37. The van der Waals surface area contributed by atoms with Crippen molar-refractivity contribution in [1.29, 1.82) is 0 Å². The number of fused-ring (bicyclic) bond motifs is 2. The summed E-state index contributed by atoms with van der Waals surface area (Å²) in [6, 6.07) is 14.8. The SMILES string of the molecule is [C-]#[N+]c1ccc(-c2c(-c3ccc4c(cnn4C)c3)ncc3c2ccn3CC2CCNCC2)cc1C. The number of hydrogen-bond acceptors (Lipinski definition) is 3. The molecule has 0 aliphatic carbocycles. The fourth-order valence-corrected chi connectivity index (χ4v) is 5.42. The van der Waals surface area contributed by atoms with E-state index in [1.165, 1.54) is 18.2 Å². The molecule has 6 nitrogen and oxygen atoms in total. The Morgan fingerprint density at radius 2 is 1.86 bits per heavy atom. The molecule has 174 valence electrons. The fraction of sp³-hybridized carbons (Fsp3) is 0.276. The van der Waals surface area contributed by atoms with E-state index in [-0.39, 0.29) is 0 Å². The Hall–Kier alpha value is -3.95. The smallest absolute Gasteiger partial charge is 0.190 e. The molecule has 35 heavy (non-hydrogen) atoms. The number of piperidine rings is 1. The van der Waals surface area contributed by atoms with Gasteiger partial charge in [0.05, 0.1) is 35.7 Å². The van der Waals surface area contributed by atoms with Gasteiger partial charge in [0.1, 0.15) is 0 Å². The molecule has 3 aromatic heterocycles. The van der Waals surface area contributed by atoms with Crippen LogP contribution >= 0.6 is 0 Å². The van der Waals surface area contributed by atoms with Gasteiger partial charge in [-0.05, 0) is 68.1 Å². The van der Waals surface area contributed by atoms with Gasteiger partial charge in [0, 0.05) is 41.7 Å². The summed E-state index contributed by atoms with van der Waals surface area (Å²) in [5.41, 5.74) is 8.17. The second-order valence-electron chi connectivity index (χ2n) is 9.60. The van der Waals surface area contributed by atoms with Crippen molar-refractivity contribution in [3.63, 3.8) is 0 Å². The van der Waals surface area contributed by atoms with Crippen molar-refractivity contribution in [2.45, 2.75) is 26.3 Å².